The highest BCUT2D eigenvalue weighted by Crippen LogP contribution is 2.18. The second kappa shape index (κ2) is 10.4. The van der Waals surface area contributed by atoms with Gasteiger partial charge in [0.05, 0.1) is 0 Å². The van der Waals surface area contributed by atoms with Crippen LogP contribution in [0.15, 0.2) is 66.9 Å². The largest absolute Gasteiger partial charge is 0.480 e. The number of nitrogens with one attached hydrogen (secondary N) is 1. The van der Waals surface area contributed by atoms with Crippen molar-refractivity contribution in [1.82, 2.24) is 4.98 Å². The molecule has 2 aromatic carbocycles. The van der Waals surface area contributed by atoms with Gasteiger partial charge in [0, 0.05) is 29.9 Å². The van der Waals surface area contributed by atoms with E-state index < -0.39 is 12.0 Å². The minimum Gasteiger partial charge on any atom is -0.480 e. The Morgan fingerprint density at radius 1 is 1.09 bits per heavy atom. The third-order valence-electron chi connectivity index (χ3n) is 3.10. The lowest BCUT2D eigenvalue weighted by molar-refractivity contribution is -0.138. The molecule has 0 aliphatic rings. The van der Waals surface area contributed by atoms with E-state index in [2.05, 4.69) is 16.6 Å². The maximum Gasteiger partial charge on any atom is 0.320 e. The fraction of sp³-hybridized carbons (Fsp3) is 0.167. The van der Waals surface area contributed by atoms with Gasteiger partial charge in [0.1, 0.15) is 6.04 Å². The number of para-hydroxylation sites is 1. The van der Waals surface area contributed by atoms with Gasteiger partial charge in [-0.05, 0) is 11.6 Å². The number of aromatic amines is 1. The van der Waals surface area contributed by atoms with E-state index >= 15 is 0 Å². The lowest BCUT2D eigenvalue weighted by atomic mass is 10.1. The van der Waals surface area contributed by atoms with E-state index in [0.717, 1.165) is 16.5 Å². The number of alkyl halides is 1. The summed E-state index contributed by atoms with van der Waals surface area (Å²) in [6.07, 6.45) is 3.63. The maximum absolute atomic E-state index is 10.6. The van der Waals surface area contributed by atoms with Gasteiger partial charge in [-0.15, -0.1) is 11.6 Å². The van der Waals surface area contributed by atoms with Crippen LogP contribution in [0.3, 0.4) is 0 Å². The molecule has 0 aliphatic carbocycles. The number of nitrogens with two attached hydrogens (primary N) is 1. The first kappa shape index (κ1) is 18.7. The second-order valence-electron chi connectivity index (χ2n) is 4.66. The number of hydrogen-bond acceptors (Lipinski definition) is 2. The number of halogens is 1. The highest BCUT2D eigenvalue weighted by molar-refractivity contribution is 6.15. The molecule has 5 heteroatoms. The summed E-state index contributed by atoms with van der Waals surface area (Å²) in [7, 11) is 0. The molecular weight excluding hydrogens is 312 g/mol. The van der Waals surface area contributed by atoms with Crippen molar-refractivity contribution >= 4 is 28.5 Å². The molecule has 4 N–H and O–H groups in total. The second-order valence-corrected chi connectivity index (χ2v) is 4.66. The van der Waals surface area contributed by atoms with Crippen LogP contribution in [0.1, 0.15) is 5.56 Å². The molecule has 0 saturated carbocycles. The molecule has 122 valence electrons. The molecular formula is C18H21ClN2O2. The fourth-order valence-electron chi connectivity index (χ4n) is 2.01. The van der Waals surface area contributed by atoms with Crippen LogP contribution in [-0.4, -0.2) is 28.5 Å². The van der Waals surface area contributed by atoms with Crippen molar-refractivity contribution in [2.45, 2.75) is 12.5 Å². The molecule has 23 heavy (non-hydrogen) atoms. The van der Waals surface area contributed by atoms with Crippen molar-refractivity contribution in [3.05, 3.63) is 72.4 Å². The molecule has 4 nitrogen and oxygen atoms in total. The van der Waals surface area contributed by atoms with Gasteiger partial charge in [0.2, 0.25) is 0 Å². The number of fused-ring (bicyclic) bond motifs is 1. The Morgan fingerprint density at radius 3 is 2.13 bits per heavy atom. The highest BCUT2D eigenvalue weighted by atomic mass is 35.5. The lowest BCUT2D eigenvalue weighted by Gasteiger charge is -2.04. The van der Waals surface area contributed by atoms with Crippen LogP contribution in [0.2, 0.25) is 0 Å². The van der Waals surface area contributed by atoms with Gasteiger partial charge >= 0.3 is 5.97 Å². The lowest BCUT2D eigenvalue weighted by Crippen LogP contribution is -2.32. The highest BCUT2D eigenvalue weighted by Gasteiger charge is 2.14. The molecule has 0 spiro atoms. The van der Waals surface area contributed by atoms with Gasteiger partial charge in [-0.25, -0.2) is 0 Å². The first-order valence-electron chi connectivity index (χ1n) is 7.09. The van der Waals surface area contributed by atoms with Gasteiger partial charge in [0.25, 0.3) is 0 Å². The molecule has 0 fully saturated rings. The Labute approximate surface area is 140 Å². The third-order valence-corrected chi connectivity index (χ3v) is 3.10. The Morgan fingerprint density at radius 2 is 1.61 bits per heavy atom. The van der Waals surface area contributed by atoms with E-state index in [1.807, 2.05) is 66.9 Å². The molecule has 1 heterocycles. The first-order chi connectivity index (χ1) is 11.2. The number of hydrogen-bond donors (Lipinski definition) is 3. The van der Waals surface area contributed by atoms with E-state index in [9.17, 15) is 4.79 Å². The van der Waals surface area contributed by atoms with Crippen LogP contribution in [0.25, 0.3) is 10.9 Å². The van der Waals surface area contributed by atoms with Crippen molar-refractivity contribution in [3.63, 3.8) is 0 Å². The number of H-pyrrole nitrogens is 1. The Hall–Kier alpha value is -2.30. The zero-order valence-electron chi connectivity index (χ0n) is 12.9. The zero-order chi connectivity index (χ0) is 17.1. The van der Waals surface area contributed by atoms with Gasteiger partial charge in [0.15, 0.2) is 0 Å². The first-order valence-corrected chi connectivity index (χ1v) is 7.85. The minimum atomic E-state index is -0.972. The number of carboxylic acids is 1. The van der Waals surface area contributed by atoms with Gasteiger partial charge < -0.3 is 15.8 Å². The normalized spacial score (nSPS) is 10.7. The number of rotatable bonds is 3. The van der Waals surface area contributed by atoms with Crippen molar-refractivity contribution in [1.29, 1.82) is 0 Å². The van der Waals surface area contributed by atoms with Crippen molar-refractivity contribution < 1.29 is 9.90 Å². The summed E-state index contributed by atoms with van der Waals surface area (Å²) in [5, 5.41) is 9.75. The number of aromatic nitrogens is 1. The summed E-state index contributed by atoms with van der Waals surface area (Å²) in [6.45, 7) is 0. The van der Waals surface area contributed by atoms with Crippen LogP contribution in [-0.2, 0) is 11.2 Å². The zero-order valence-corrected chi connectivity index (χ0v) is 13.7. The average Bonchev–Trinajstić information content (AvgIpc) is 3.02. The van der Waals surface area contributed by atoms with Crippen LogP contribution in [0.4, 0.5) is 0 Å². The molecule has 1 atom stereocenters. The summed E-state index contributed by atoms with van der Waals surface area (Å²) in [4.78, 5) is 13.7. The predicted molar refractivity (Wildman–Crippen MR) is 95.8 cm³/mol. The van der Waals surface area contributed by atoms with Crippen LogP contribution in [0, 0.1) is 0 Å². The average molecular weight is 333 g/mol. The summed E-state index contributed by atoms with van der Waals surface area (Å²) in [6, 6.07) is 18.9. The summed E-state index contributed by atoms with van der Waals surface area (Å²) < 4.78 is 0. The quantitative estimate of drug-likeness (QED) is 0.640. The molecule has 1 aromatic heterocycles. The monoisotopic (exact) mass is 332 g/mol. The van der Waals surface area contributed by atoms with E-state index in [1.54, 1.807) is 0 Å². The maximum atomic E-state index is 10.6. The fourth-order valence-corrected chi connectivity index (χ4v) is 2.01. The van der Waals surface area contributed by atoms with Crippen LogP contribution >= 0.6 is 11.6 Å². The molecule has 0 aliphatic heterocycles. The molecule has 3 aromatic rings. The number of carboxylic acid groups (broad SMARTS) is 1. The summed E-state index contributed by atoms with van der Waals surface area (Å²) >= 11 is 4.64. The molecule has 0 amide bonds. The molecule has 1 unspecified atom stereocenters. The Kier molecular flexibility index (Phi) is 8.50. The van der Waals surface area contributed by atoms with Crippen molar-refractivity contribution in [2.24, 2.45) is 5.73 Å². The van der Waals surface area contributed by atoms with Gasteiger partial charge in [-0.2, -0.15) is 0 Å². The predicted octanol–water partition coefficient (Wildman–Crippen LogP) is 3.66. The molecule has 0 bridgehead atoms. The number of carbonyl (C=O) groups is 1. The summed E-state index contributed by atoms with van der Waals surface area (Å²) in [5.74, 6) is -0.972. The van der Waals surface area contributed by atoms with Crippen LogP contribution < -0.4 is 5.73 Å². The Balaban J connectivity index is 0.000000276. The third kappa shape index (κ3) is 6.14. The van der Waals surface area contributed by atoms with E-state index in [-0.39, 0.29) is 0 Å². The van der Waals surface area contributed by atoms with Crippen LogP contribution in [0.5, 0.6) is 0 Å². The number of benzene rings is 2. The summed E-state index contributed by atoms with van der Waals surface area (Å²) in [5.41, 5.74) is 7.43. The Bertz CT molecular complexity index is 672. The molecule has 0 saturated heterocycles. The van der Waals surface area contributed by atoms with Crippen molar-refractivity contribution in [2.75, 3.05) is 6.38 Å². The molecule has 0 radical (unpaired) electrons. The topological polar surface area (TPSA) is 79.1 Å². The van der Waals surface area contributed by atoms with Gasteiger partial charge in [-0.1, -0.05) is 54.6 Å². The molecule has 3 rings (SSSR count). The van der Waals surface area contributed by atoms with E-state index in [0.29, 0.717) is 6.42 Å². The van der Waals surface area contributed by atoms with Gasteiger partial charge in [-0.3, -0.25) is 4.79 Å². The number of aliphatic carboxylic acids is 1. The minimum absolute atomic E-state index is 0.347. The standard InChI is InChI=1S/C11H12N2O2.C6H6.CH3Cl/c12-9(11(14)15)5-7-6-13-10-4-2-1-3-8(7)10;1-2-4-6-5-3-1;1-2/h1-4,6,9,13H,5,12H2,(H,14,15);1-6H;1H3. The smallest absolute Gasteiger partial charge is 0.320 e. The SMILES string of the molecule is CCl.NC(Cc1c[nH]c2ccccc12)C(=O)O.c1ccccc1. The van der Waals surface area contributed by atoms with E-state index in [1.165, 1.54) is 6.38 Å². The van der Waals surface area contributed by atoms with Crippen molar-refractivity contribution in [3.8, 4) is 0 Å². The van der Waals surface area contributed by atoms with E-state index in [4.69, 9.17) is 10.8 Å².